The third-order valence-corrected chi connectivity index (χ3v) is 4.09. The Bertz CT molecular complexity index is 396. The molecule has 0 radical (unpaired) electrons. The van der Waals surface area contributed by atoms with E-state index in [-0.39, 0.29) is 11.0 Å². The highest BCUT2D eigenvalue weighted by atomic mass is 16.5. The molecule has 106 valence electrons. The third-order valence-electron chi connectivity index (χ3n) is 4.09. The van der Waals surface area contributed by atoms with Crippen LogP contribution in [0, 0.1) is 0 Å². The van der Waals surface area contributed by atoms with Crippen molar-refractivity contribution in [1.29, 1.82) is 0 Å². The summed E-state index contributed by atoms with van der Waals surface area (Å²) in [7, 11) is 0. The van der Waals surface area contributed by atoms with Crippen LogP contribution in [0.2, 0.25) is 0 Å². The molecule has 0 unspecified atom stereocenters. The summed E-state index contributed by atoms with van der Waals surface area (Å²) in [6, 6.07) is 8.59. The molecule has 1 aromatic rings. The molecule has 2 N–H and O–H groups in total. The predicted molar refractivity (Wildman–Crippen MR) is 80.6 cm³/mol. The topological polar surface area (TPSA) is 35.2 Å². The van der Waals surface area contributed by atoms with Gasteiger partial charge in [0.1, 0.15) is 11.4 Å². The molecule has 1 fully saturated rings. The van der Waals surface area contributed by atoms with Crippen LogP contribution in [0.25, 0.3) is 0 Å². The summed E-state index contributed by atoms with van der Waals surface area (Å²) >= 11 is 0. The molecule has 0 saturated heterocycles. The molecular formula is C17H27NO. The first-order chi connectivity index (χ1) is 8.95. The molecule has 2 nitrogen and oxygen atoms in total. The molecule has 0 bridgehead atoms. The third kappa shape index (κ3) is 3.50. The second-order valence-electron chi connectivity index (χ2n) is 6.78. The Hall–Kier alpha value is -1.02. The second kappa shape index (κ2) is 5.54. The standard InChI is InChI=1S/C17H27NO/c1-16(2,3)19-15-9-7-14(8-10-15)17(13-18)11-5-4-6-12-17/h7-10H,4-6,11-13,18H2,1-3H3. The van der Waals surface area contributed by atoms with E-state index in [1.165, 1.54) is 37.7 Å². The van der Waals surface area contributed by atoms with Gasteiger partial charge in [0.2, 0.25) is 0 Å². The zero-order valence-corrected chi connectivity index (χ0v) is 12.5. The van der Waals surface area contributed by atoms with Crippen LogP contribution < -0.4 is 10.5 Å². The van der Waals surface area contributed by atoms with Crippen molar-refractivity contribution in [3.8, 4) is 5.75 Å². The maximum atomic E-state index is 6.08. The first-order valence-electron chi connectivity index (χ1n) is 7.45. The van der Waals surface area contributed by atoms with E-state index < -0.39 is 0 Å². The van der Waals surface area contributed by atoms with Gasteiger partial charge in [0.15, 0.2) is 0 Å². The van der Waals surface area contributed by atoms with Crippen LogP contribution in [-0.2, 0) is 5.41 Å². The summed E-state index contributed by atoms with van der Waals surface area (Å²) in [5.41, 5.74) is 7.53. The van der Waals surface area contributed by atoms with Gasteiger partial charge in [0.25, 0.3) is 0 Å². The lowest BCUT2D eigenvalue weighted by Gasteiger charge is -2.37. The molecular weight excluding hydrogens is 234 g/mol. The highest BCUT2D eigenvalue weighted by Gasteiger charge is 2.32. The van der Waals surface area contributed by atoms with Crippen LogP contribution in [0.4, 0.5) is 0 Å². The van der Waals surface area contributed by atoms with Crippen molar-refractivity contribution < 1.29 is 4.74 Å². The Morgan fingerprint density at radius 3 is 2.11 bits per heavy atom. The van der Waals surface area contributed by atoms with E-state index in [9.17, 15) is 0 Å². The molecule has 19 heavy (non-hydrogen) atoms. The molecule has 0 heterocycles. The summed E-state index contributed by atoms with van der Waals surface area (Å²) in [6.07, 6.45) is 6.41. The van der Waals surface area contributed by atoms with Crippen LogP contribution in [-0.4, -0.2) is 12.1 Å². The van der Waals surface area contributed by atoms with Gasteiger partial charge in [-0.2, -0.15) is 0 Å². The monoisotopic (exact) mass is 261 g/mol. The van der Waals surface area contributed by atoms with Crippen molar-refractivity contribution in [3.05, 3.63) is 29.8 Å². The molecule has 2 heteroatoms. The number of hydrogen-bond acceptors (Lipinski definition) is 2. The van der Waals surface area contributed by atoms with Gasteiger partial charge in [-0.1, -0.05) is 31.4 Å². The number of rotatable bonds is 3. The van der Waals surface area contributed by atoms with Gasteiger partial charge in [-0.15, -0.1) is 0 Å². The zero-order valence-electron chi connectivity index (χ0n) is 12.5. The van der Waals surface area contributed by atoms with Crippen LogP contribution in [0.15, 0.2) is 24.3 Å². The van der Waals surface area contributed by atoms with E-state index in [0.717, 1.165) is 12.3 Å². The first kappa shape index (κ1) is 14.4. The minimum absolute atomic E-state index is 0.141. The molecule has 0 amide bonds. The summed E-state index contributed by atoms with van der Waals surface area (Å²) < 4.78 is 5.88. The largest absolute Gasteiger partial charge is 0.488 e. The van der Waals surface area contributed by atoms with Crippen molar-refractivity contribution in [2.75, 3.05) is 6.54 Å². The van der Waals surface area contributed by atoms with Gasteiger partial charge in [0, 0.05) is 12.0 Å². The molecule has 0 atom stereocenters. The van der Waals surface area contributed by atoms with Crippen LogP contribution in [0.3, 0.4) is 0 Å². The minimum Gasteiger partial charge on any atom is -0.488 e. The van der Waals surface area contributed by atoms with E-state index in [0.29, 0.717) is 0 Å². The maximum Gasteiger partial charge on any atom is 0.120 e. The van der Waals surface area contributed by atoms with Gasteiger partial charge < -0.3 is 10.5 Å². The maximum absolute atomic E-state index is 6.08. The van der Waals surface area contributed by atoms with Crippen molar-refractivity contribution >= 4 is 0 Å². The van der Waals surface area contributed by atoms with Gasteiger partial charge in [-0.3, -0.25) is 0 Å². The Morgan fingerprint density at radius 1 is 1.05 bits per heavy atom. The summed E-state index contributed by atoms with van der Waals surface area (Å²) in [5.74, 6) is 0.944. The molecule has 1 aromatic carbocycles. The van der Waals surface area contributed by atoms with Gasteiger partial charge in [0.05, 0.1) is 0 Å². The average molecular weight is 261 g/mol. The lowest BCUT2D eigenvalue weighted by Crippen LogP contribution is -2.37. The van der Waals surface area contributed by atoms with Crippen molar-refractivity contribution in [2.45, 2.75) is 63.9 Å². The predicted octanol–water partition coefficient (Wildman–Crippen LogP) is 4.02. The van der Waals surface area contributed by atoms with E-state index in [1.807, 2.05) is 0 Å². The van der Waals surface area contributed by atoms with E-state index >= 15 is 0 Å². The lowest BCUT2D eigenvalue weighted by molar-refractivity contribution is 0.131. The number of nitrogens with two attached hydrogens (primary N) is 1. The van der Waals surface area contributed by atoms with E-state index in [1.54, 1.807) is 0 Å². The highest BCUT2D eigenvalue weighted by molar-refractivity contribution is 5.33. The Kier molecular flexibility index (Phi) is 4.19. The van der Waals surface area contributed by atoms with Crippen LogP contribution >= 0.6 is 0 Å². The SMILES string of the molecule is CC(C)(C)Oc1ccc(C2(CN)CCCCC2)cc1. The van der Waals surface area contributed by atoms with E-state index in [2.05, 4.69) is 45.0 Å². The number of hydrogen-bond donors (Lipinski definition) is 1. The Labute approximate surface area is 117 Å². The fourth-order valence-corrected chi connectivity index (χ4v) is 3.07. The normalized spacial score (nSPS) is 19.2. The fraction of sp³-hybridized carbons (Fsp3) is 0.647. The zero-order chi connectivity index (χ0) is 13.9. The van der Waals surface area contributed by atoms with Gasteiger partial charge in [-0.05, 0) is 51.3 Å². The summed E-state index contributed by atoms with van der Waals surface area (Å²) in [4.78, 5) is 0. The fourth-order valence-electron chi connectivity index (χ4n) is 3.07. The smallest absolute Gasteiger partial charge is 0.120 e. The number of benzene rings is 1. The van der Waals surface area contributed by atoms with Crippen molar-refractivity contribution in [2.24, 2.45) is 5.73 Å². The minimum atomic E-state index is -0.141. The molecule has 1 saturated carbocycles. The molecule has 1 aliphatic rings. The van der Waals surface area contributed by atoms with Crippen molar-refractivity contribution in [1.82, 2.24) is 0 Å². The van der Waals surface area contributed by atoms with Gasteiger partial charge in [-0.25, -0.2) is 0 Å². The quantitative estimate of drug-likeness (QED) is 0.891. The van der Waals surface area contributed by atoms with Crippen LogP contribution in [0.1, 0.15) is 58.4 Å². The highest BCUT2D eigenvalue weighted by Crippen LogP contribution is 2.39. The lowest BCUT2D eigenvalue weighted by atomic mass is 9.69. The molecule has 1 aliphatic carbocycles. The molecule has 0 aliphatic heterocycles. The van der Waals surface area contributed by atoms with Crippen molar-refractivity contribution in [3.63, 3.8) is 0 Å². The Balaban J connectivity index is 2.16. The average Bonchev–Trinajstić information content (AvgIpc) is 2.38. The van der Waals surface area contributed by atoms with Crippen LogP contribution in [0.5, 0.6) is 5.75 Å². The van der Waals surface area contributed by atoms with E-state index in [4.69, 9.17) is 10.5 Å². The second-order valence-corrected chi connectivity index (χ2v) is 6.78. The molecule has 0 spiro atoms. The molecule has 0 aromatic heterocycles. The van der Waals surface area contributed by atoms with Gasteiger partial charge >= 0.3 is 0 Å². The summed E-state index contributed by atoms with van der Waals surface area (Å²) in [6.45, 7) is 6.97. The number of ether oxygens (including phenoxy) is 1. The molecule has 2 rings (SSSR count). The Morgan fingerprint density at radius 2 is 1.63 bits per heavy atom. The first-order valence-corrected chi connectivity index (χ1v) is 7.45. The summed E-state index contributed by atoms with van der Waals surface area (Å²) in [5, 5.41) is 0.